The van der Waals surface area contributed by atoms with Gasteiger partial charge in [0.2, 0.25) is 0 Å². The normalized spacial score (nSPS) is 13.8. The minimum Gasteiger partial charge on any atom is -0.478 e. The van der Waals surface area contributed by atoms with E-state index < -0.39 is 23.7 Å². The predicted octanol–water partition coefficient (Wildman–Crippen LogP) is -0.0454. The number of carbonyl (C=O) groups excluding carboxylic acids is 3. The van der Waals surface area contributed by atoms with Crippen LogP contribution in [0, 0.1) is 0 Å². The summed E-state index contributed by atoms with van der Waals surface area (Å²) >= 11 is 0. The number of carboxylic acids is 1. The minimum atomic E-state index is -1.31. The van der Waals surface area contributed by atoms with Gasteiger partial charge in [-0.05, 0) is 12.1 Å². The highest BCUT2D eigenvalue weighted by Gasteiger charge is 2.36. The number of amides is 3. The van der Waals surface area contributed by atoms with Crippen molar-refractivity contribution < 1.29 is 24.3 Å². The third kappa shape index (κ3) is 2.34. The van der Waals surface area contributed by atoms with Crippen molar-refractivity contribution >= 4 is 23.7 Å². The molecule has 1 aliphatic heterocycles. The van der Waals surface area contributed by atoms with Crippen molar-refractivity contribution in [2.24, 2.45) is 0 Å². The highest BCUT2D eigenvalue weighted by atomic mass is 16.4. The van der Waals surface area contributed by atoms with Gasteiger partial charge in [-0.2, -0.15) is 5.01 Å². The SMILES string of the molecule is O=C(O)C=CC(=O)NN1C(=O)c2ccccc2C1=O. The van der Waals surface area contributed by atoms with Crippen molar-refractivity contribution in [1.82, 2.24) is 10.4 Å². The van der Waals surface area contributed by atoms with Gasteiger partial charge in [-0.25, -0.2) is 4.79 Å². The third-order valence-corrected chi connectivity index (χ3v) is 2.39. The van der Waals surface area contributed by atoms with Crippen molar-refractivity contribution in [3.63, 3.8) is 0 Å². The van der Waals surface area contributed by atoms with Crippen molar-refractivity contribution in [3.8, 4) is 0 Å². The summed E-state index contributed by atoms with van der Waals surface area (Å²) in [5.41, 5.74) is 2.41. The Balaban J connectivity index is 2.17. The molecule has 0 unspecified atom stereocenters. The summed E-state index contributed by atoms with van der Waals surface area (Å²) in [6.07, 6.45) is 1.32. The molecule has 0 fully saturated rings. The van der Waals surface area contributed by atoms with E-state index in [9.17, 15) is 19.2 Å². The summed E-state index contributed by atoms with van der Waals surface area (Å²) < 4.78 is 0. The molecular weight excluding hydrogens is 252 g/mol. The van der Waals surface area contributed by atoms with E-state index in [1.807, 2.05) is 5.43 Å². The van der Waals surface area contributed by atoms with E-state index >= 15 is 0 Å². The molecule has 0 aromatic heterocycles. The molecule has 1 aromatic carbocycles. The number of hydrogen-bond acceptors (Lipinski definition) is 4. The van der Waals surface area contributed by atoms with Gasteiger partial charge >= 0.3 is 5.97 Å². The summed E-state index contributed by atoms with van der Waals surface area (Å²) in [7, 11) is 0. The average Bonchev–Trinajstić information content (AvgIpc) is 2.62. The van der Waals surface area contributed by atoms with Crippen molar-refractivity contribution in [1.29, 1.82) is 0 Å². The molecule has 0 saturated carbocycles. The molecule has 0 radical (unpaired) electrons. The van der Waals surface area contributed by atoms with Gasteiger partial charge in [0.25, 0.3) is 17.7 Å². The van der Waals surface area contributed by atoms with E-state index in [-0.39, 0.29) is 11.1 Å². The molecule has 0 atom stereocenters. The van der Waals surface area contributed by atoms with Crippen molar-refractivity contribution in [2.45, 2.75) is 0 Å². The molecular formula is C12H8N2O5. The van der Waals surface area contributed by atoms with Gasteiger partial charge in [-0.1, -0.05) is 12.1 Å². The Bertz CT molecular complexity index is 585. The molecule has 1 heterocycles. The topological polar surface area (TPSA) is 104 Å². The summed E-state index contributed by atoms with van der Waals surface area (Å²) in [6, 6.07) is 6.13. The van der Waals surface area contributed by atoms with Gasteiger partial charge in [0.05, 0.1) is 11.1 Å². The summed E-state index contributed by atoms with van der Waals surface area (Å²) in [5, 5.41) is 8.91. The number of hydrogen-bond donors (Lipinski definition) is 2. The Morgan fingerprint density at radius 1 is 1.05 bits per heavy atom. The molecule has 3 amide bonds. The average molecular weight is 260 g/mol. The zero-order valence-electron chi connectivity index (χ0n) is 9.49. The number of carboxylic acid groups (broad SMARTS) is 1. The van der Waals surface area contributed by atoms with E-state index in [0.717, 1.165) is 0 Å². The van der Waals surface area contributed by atoms with Crippen LogP contribution in [0.1, 0.15) is 20.7 Å². The minimum absolute atomic E-state index is 0.190. The van der Waals surface area contributed by atoms with E-state index in [1.165, 1.54) is 12.1 Å². The van der Waals surface area contributed by atoms with Crippen LogP contribution in [0.15, 0.2) is 36.4 Å². The second-order valence-electron chi connectivity index (χ2n) is 3.64. The Hall–Kier alpha value is -2.96. The smallest absolute Gasteiger partial charge is 0.328 e. The Morgan fingerprint density at radius 3 is 2.05 bits per heavy atom. The van der Waals surface area contributed by atoms with Crippen LogP contribution in [0.5, 0.6) is 0 Å². The van der Waals surface area contributed by atoms with Crippen LogP contribution in [-0.2, 0) is 9.59 Å². The van der Waals surface area contributed by atoms with Gasteiger partial charge in [0.1, 0.15) is 0 Å². The lowest BCUT2D eigenvalue weighted by atomic mass is 10.1. The second-order valence-corrected chi connectivity index (χ2v) is 3.64. The van der Waals surface area contributed by atoms with Crippen LogP contribution < -0.4 is 5.43 Å². The number of nitrogens with zero attached hydrogens (tertiary/aromatic N) is 1. The van der Waals surface area contributed by atoms with Crippen molar-refractivity contribution in [2.75, 3.05) is 0 Å². The van der Waals surface area contributed by atoms with Gasteiger partial charge in [0, 0.05) is 12.2 Å². The third-order valence-electron chi connectivity index (χ3n) is 2.39. The first-order valence-electron chi connectivity index (χ1n) is 5.20. The molecule has 7 heteroatoms. The van der Waals surface area contributed by atoms with Crippen molar-refractivity contribution in [3.05, 3.63) is 47.5 Å². The summed E-state index contributed by atoms with van der Waals surface area (Å²) in [4.78, 5) is 45.2. The summed E-state index contributed by atoms with van der Waals surface area (Å²) in [5.74, 6) is -3.50. The van der Waals surface area contributed by atoms with E-state index in [2.05, 4.69) is 0 Å². The molecule has 0 spiro atoms. The number of rotatable bonds is 3. The Labute approximate surface area is 107 Å². The fraction of sp³-hybridized carbons (Fsp3) is 0. The van der Waals surface area contributed by atoms with Crippen LogP contribution in [-0.4, -0.2) is 33.8 Å². The molecule has 2 rings (SSSR count). The van der Waals surface area contributed by atoms with E-state index in [1.54, 1.807) is 12.1 Å². The fourth-order valence-electron chi connectivity index (χ4n) is 1.59. The highest BCUT2D eigenvalue weighted by Crippen LogP contribution is 2.20. The first-order valence-corrected chi connectivity index (χ1v) is 5.20. The molecule has 0 aliphatic carbocycles. The number of carbonyl (C=O) groups is 4. The van der Waals surface area contributed by atoms with Crippen LogP contribution in [0.25, 0.3) is 0 Å². The lowest BCUT2D eigenvalue weighted by Crippen LogP contribution is -2.45. The number of nitrogens with one attached hydrogen (secondary N) is 1. The maximum atomic E-state index is 11.8. The predicted molar refractivity (Wildman–Crippen MR) is 61.9 cm³/mol. The first kappa shape index (κ1) is 12.5. The lowest BCUT2D eigenvalue weighted by Gasteiger charge is -2.13. The van der Waals surface area contributed by atoms with E-state index in [4.69, 9.17) is 5.11 Å². The number of imide groups is 1. The number of fused-ring (bicyclic) bond motifs is 1. The fourth-order valence-corrected chi connectivity index (χ4v) is 1.59. The van der Waals surface area contributed by atoms with Gasteiger partial charge in [-0.3, -0.25) is 19.8 Å². The molecule has 2 N–H and O–H groups in total. The maximum absolute atomic E-state index is 11.8. The van der Waals surface area contributed by atoms with Crippen LogP contribution in [0.3, 0.4) is 0 Å². The largest absolute Gasteiger partial charge is 0.478 e. The zero-order valence-corrected chi connectivity index (χ0v) is 9.49. The zero-order chi connectivity index (χ0) is 14.0. The molecule has 0 bridgehead atoms. The Kier molecular flexibility index (Phi) is 3.11. The monoisotopic (exact) mass is 260 g/mol. The van der Waals surface area contributed by atoms with Gasteiger partial charge in [0.15, 0.2) is 0 Å². The molecule has 1 aliphatic rings. The first-order chi connectivity index (χ1) is 9.00. The van der Waals surface area contributed by atoms with Crippen LogP contribution >= 0.6 is 0 Å². The highest BCUT2D eigenvalue weighted by molar-refractivity contribution is 6.21. The molecule has 19 heavy (non-hydrogen) atoms. The number of hydrazine groups is 1. The van der Waals surface area contributed by atoms with Crippen LogP contribution in [0.2, 0.25) is 0 Å². The van der Waals surface area contributed by atoms with E-state index in [0.29, 0.717) is 17.2 Å². The number of benzene rings is 1. The maximum Gasteiger partial charge on any atom is 0.328 e. The summed E-state index contributed by atoms with van der Waals surface area (Å²) in [6.45, 7) is 0. The molecule has 1 aromatic rings. The quantitative estimate of drug-likeness (QED) is 0.586. The van der Waals surface area contributed by atoms with Gasteiger partial charge < -0.3 is 5.11 Å². The molecule has 7 nitrogen and oxygen atoms in total. The number of aliphatic carboxylic acids is 1. The second kappa shape index (κ2) is 4.73. The Morgan fingerprint density at radius 2 is 1.58 bits per heavy atom. The van der Waals surface area contributed by atoms with Crippen LogP contribution in [0.4, 0.5) is 0 Å². The lowest BCUT2D eigenvalue weighted by molar-refractivity contribution is -0.131. The van der Waals surface area contributed by atoms with Gasteiger partial charge in [-0.15, -0.1) is 0 Å². The standard InChI is InChI=1S/C12H8N2O5/c15-9(5-6-10(16)17)13-14-11(18)7-3-1-2-4-8(7)12(14)19/h1-6H,(H,13,15)(H,16,17). The molecule has 0 saturated heterocycles. The molecule has 96 valence electrons.